The largest absolute Gasteiger partial charge is 0.494 e. The third-order valence-corrected chi connectivity index (χ3v) is 3.68. The Balaban J connectivity index is 2.46. The smallest absolute Gasteiger partial charge is 0.119 e. The van der Waals surface area contributed by atoms with Crippen LogP contribution in [0.5, 0.6) is 5.75 Å². The molecule has 0 aliphatic carbocycles. The van der Waals surface area contributed by atoms with Gasteiger partial charge in [-0.2, -0.15) is 0 Å². The van der Waals surface area contributed by atoms with Gasteiger partial charge in [-0.3, -0.25) is 0 Å². The van der Waals surface area contributed by atoms with Crippen LogP contribution in [0.2, 0.25) is 0 Å². The first-order chi connectivity index (χ1) is 9.13. The molecule has 0 aromatic heterocycles. The van der Waals surface area contributed by atoms with Crippen LogP contribution in [0.1, 0.15) is 45.6 Å². The van der Waals surface area contributed by atoms with Gasteiger partial charge in [0, 0.05) is 11.0 Å². The Morgan fingerprint density at radius 1 is 1.26 bits per heavy atom. The lowest BCUT2D eigenvalue weighted by atomic mass is 10.2. The van der Waals surface area contributed by atoms with E-state index in [0.29, 0.717) is 5.92 Å². The number of hydrogen-bond acceptors (Lipinski definition) is 2. The molecule has 1 rings (SSSR count). The van der Waals surface area contributed by atoms with Crippen molar-refractivity contribution < 1.29 is 4.74 Å². The Morgan fingerprint density at radius 3 is 2.74 bits per heavy atom. The van der Waals surface area contributed by atoms with Gasteiger partial charge in [0.25, 0.3) is 0 Å². The first kappa shape index (κ1) is 16.5. The molecule has 0 spiro atoms. The summed E-state index contributed by atoms with van der Waals surface area (Å²) >= 11 is 3.60. The van der Waals surface area contributed by atoms with Gasteiger partial charge in [-0.25, -0.2) is 0 Å². The number of halogens is 1. The van der Waals surface area contributed by atoms with E-state index in [9.17, 15) is 0 Å². The Labute approximate surface area is 126 Å². The van der Waals surface area contributed by atoms with Crippen molar-refractivity contribution in [2.24, 2.45) is 5.92 Å². The minimum absolute atomic E-state index is 0.673. The Hall–Kier alpha value is -0.540. The van der Waals surface area contributed by atoms with E-state index in [2.05, 4.69) is 54.2 Å². The normalized spacial score (nSPS) is 11.0. The summed E-state index contributed by atoms with van der Waals surface area (Å²) in [6, 6.07) is 6.23. The van der Waals surface area contributed by atoms with Gasteiger partial charge in [0.15, 0.2) is 0 Å². The lowest BCUT2D eigenvalue weighted by Gasteiger charge is -2.11. The van der Waals surface area contributed by atoms with E-state index in [1.807, 2.05) is 6.07 Å². The van der Waals surface area contributed by atoms with Crippen molar-refractivity contribution in [2.75, 3.05) is 13.2 Å². The number of rotatable bonds is 9. The van der Waals surface area contributed by atoms with Crippen LogP contribution in [0.15, 0.2) is 22.7 Å². The summed E-state index contributed by atoms with van der Waals surface area (Å²) in [6.45, 7) is 9.37. The molecule has 0 saturated carbocycles. The zero-order valence-electron chi connectivity index (χ0n) is 12.3. The SMILES string of the molecule is CCCCCOc1ccc(Br)c(CNCC(C)C)c1. The van der Waals surface area contributed by atoms with Crippen molar-refractivity contribution in [2.45, 2.75) is 46.6 Å². The fraction of sp³-hybridized carbons (Fsp3) is 0.625. The van der Waals surface area contributed by atoms with Crippen molar-refractivity contribution in [1.29, 1.82) is 0 Å². The number of unbranched alkanes of at least 4 members (excludes halogenated alkanes) is 2. The fourth-order valence-corrected chi connectivity index (χ4v) is 2.20. The molecule has 0 aliphatic rings. The average Bonchev–Trinajstić information content (AvgIpc) is 2.37. The molecule has 0 radical (unpaired) electrons. The highest BCUT2D eigenvalue weighted by atomic mass is 79.9. The zero-order chi connectivity index (χ0) is 14.1. The van der Waals surface area contributed by atoms with Gasteiger partial charge in [0.05, 0.1) is 6.61 Å². The predicted molar refractivity (Wildman–Crippen MR) is 85.7 cm³/mol. The Kier molecular flexibility index (Phi) is 8.15. The number of nitrogens with one attached hydrogen (secondary N) is 1. The summed E-state index contributed by atoms with van der Waals surface area (Å²) in [6.07, 6.45) is 3.60. The molecule has 0 unspecified atom stereocenters. The molecular weight excluding hydrogens is 302 g/mol. The van der Waals surface area contributed by atoms with Crippen LogP contribution in [0.4, 0.5) is 0 Å². The van der Waals surface area contributed by atoms with Crippen molar-refractivity contribution in [3.8, 4) is 5.75 Å². The van der Waals surface area contributed by atoms with E-state index in [-0.39, 0.29) is 0 Å². The lowest BCUT2D eigenvalue weighted by molar-refractivity contribution is 0.306. The molecule has 1 N–H and O–H groups in total. The van der Waals surface area contributed by atoms with Gasteiger partial charge >= 0.3 is 0 Å². The molecule has 0 heterocycles. The second kappa shape index (κ2) is 9.38. The van der Waals surface area contributed by atoms with Crippen LogP contribution in [-0.2, 0) is 6.54 Å². The van der Waals surface area contributed by atoms with Crippen LogP contribution < -0.4 is 10.1 Å². The quantitative estimate of drug-likeness (QED) is 0.660. The maximum absolute atomic E-state index is 5.78. The summed E-state index contributed by atoms with van der Waals surface area (Å²) in [5, 5.41) is 3.46. The second-order valence-corrected chi connectivity index (χ2v) is 6.19. The second-order valence-electron chi connectivity index (χ2n) is 5.33. The van der Waals surface area contributed by atoms with Crippen LogP contribution >= 0.6 is 15.9 Å². The lowest BCUT2D eigenvalue weighted by Crippen LogP contribution is -2.19. The van der Waals surface area contributed by atoms with Gasteiger partial charge in [0.2, 0.25) is 0 Å². The maximum atomic E-state index is 5.78. The molecule has 0 aliphatic heterocycles. The van der Waals surface area contributed by atoms with Gasteiger partial charge in [-0.1, -0.05) is 49.5 Å². The van der Waals surface area contributed by atoms with E-state index >= 15 is 0 Å². The molecule has 0 saturated heterocycles. The average molecular weight is 328 g/mol. The van der Waals surface area contributed by atoms with E-state index in [4.69, 9.17) is 4.74 Å². The summed E-state index contributed by atoms with van der Waals surface area (Å²) < 4.78 is 6.93. The first-order valence-electron chi connectivity index (χ1n) is 7.25. The molecular formula is C16H26BrNO. The van der Waals surface area contributed by atoms with Crippen LogP contribution in [0.25, 0.3) is 0 Å². The summed E-state index contributed by atoms with van der Waals surface area (Å²) in [5.74, 6) is 1.65. The van der Waals surface area contributed by atoms with Gasteiger partial charge in [-0.15, -0.1) is 0 Å². The number of ether oxygens (including phenoxy) is 1. The van der Waals surface area contributed by atoms with Crippen LogP contribution in [0.3, 0.4) is 0 Å². The molecule has 1 aromatic carbocycles. The first-order valence-corrected chi connectivity index (χ1v) is 8.04. The van der Waals surface area contributed by atoms with Crippen LogP contribution in [0, 0.1) is 5.92 Å². The molecule has 0 fully saturated rings. The molecule has 1 aromatic rings. The molecule has 0 amide bonds. The maximum Gasteiger partial charge on any atom is 0.119 e. The predicted octanol–water partition coefficient (Wildman–Crippen LogP) is 4.76. The van der Waals surface area contributed by atoms with E-state index in [1.54, 1.807) is 0 Å². The summed E-state index contributed by atoms with van der Waals surface area (Å²) in [5.41, 5.74) is 1.26. The molecule has 108 valence electrons. The number of hydrogen-bond donors (Lipinski definition) is 1. The van der Waals surface area contributed by atoms with E-state index in [1.165, 1.54) is 18.4 Å². The van der Waals surface area contributed by atoms with E-state index in [0.717, 1.165) is 36.3 Å². The zero-order valence-corrected chi connectivity index (χ0v) is 13.9. The van der Waals surface area contributed by atoms with E-state index < -0.39 is 0 Å². The Morgan fingerprint density at radius 2 is 2.05 bits per heavy atom. The third kappa shape index (κ3) is 6.98. The van der Waals surface area contributed by atoms with Crippen molar-refractivity contribution in [1.82, 2.24) is 5.32 Å². The highest BCUT2D eigenvalue weighted by Crippen LogP contribution is 2.22. The standard InChI is InChI=1S/C16H26BrNO/c1-4-5-6-9-19-15-7-8-16(17)14(10-15)12-18-11-13(2)3/h7-8,10,13,18H,4-6,9,11-12H2,1-3H3. The molecule has 0 atom stereocenters. The number of benzene rings is 1. The van der Waals surface area contributed by atoms with Gasteiger partial charge in [0.1, 0.15) is 5.75 Å². The summed E-state index contributed by atoms with van der Waals surface area (Å²) in [4.78, 5) is 0. The summed E-state index contributed by atoms with van der Waals surface area (Å²) in [7, 11) is 0. The van der Waals surface area contributed by atoms with Crippen LogP contribution in [-0.4, -0.2) is 13.2 Å². The molecule has 3 heteroatoms. The monoisotopic (exact) mass is 327 g/mol. The fourth-order valence-electron chi connectivity index (χ4n) is 1.81. The Bertz CT molecular complexity index is 366. The third-order valence-electron chi connectivity index (χ3n) is 2.90. The highest BCUT2D eigenvalue weighted by Gasteiger charge is 2.03. The van der Waals surface area contributed by atoms with Crippen molar-refractivity contribution >= 4 is 15.9 Å². The topological polar surface area (TPSA) is 21.3 Å². The highest BCUT2D eigenvalue weighted by molar-refractivity contribution is 9.10. The van der Waals surface area contributed by atoms with Gasteiger partial charge in [-0.05, 0) is 42.6 Å². The van der Waals surface area contributed by atoms with Crippen molar-refractivity contribution in [3.05, 3.63) is 28.2 Å². The molecule has 0 bridgehead atoms. The van der Waals surface area contributed by atoms with Gasteiger partial charge < -0.3 is 10.1 Å². The molecule has 2 nitrogen and oxygen atoms in total. The minimum atomic E-state index is 0.673. The van der Waals surface area contributed by atoms with Crippen molar-refractivity contribution in [3.63, 3.8) is 0 Å². The minimum Gasteiger partial charge on any atom is -0.494 e. The molecule has 19 heavy (non-hydrogen) atoms.